The highest BCUT2D eigenvalue weighted by Gasteiger charge is 2.22. The highest BCUT2D eigenvalue weighted by molar-refractivity contribution is 7.92. The van der Waals surface area contributed by atoms with Crippen molar-refractivity contribution in [2.75, 3.05) is 23.7 Å². The number of nitrogens with one attached hydrogen (secondary N) is 2. The summed E-state index contributed by atoms with van der Waals surface area (Å²) in [4.78, 5) is 24.6. The van der Waals surface area contributed by atoms with Gasteiger partial charge in [0.05, 0.1) is 24.2 Å². The number of anilines is 1. The van der Waals surface area contributed by atoms with Crippen LogP contribution in [0.1, 0.15) is 35.2 Å². The molecular formula is C28H32N4O5S. The number of benzene rings is 3. The van der Waals surface area contributed by atoms with Crippen LogP contribution in [0.25, 0.3) is 0 Å². The van der Waals surface area contributed by atoms with E-state index in [1.54, 1.807) is 36.4 Å². The summed E-state index contributed by atoms with van der Waals surface area (Å²) in [5.41, 5.74) is 6.19. The van der Waals surface area contributed by atoms with Crippen LogP contribution in [-0.4, -0.2) is 45.9 Å². The molecule has 0 heterocycles. The highest BCUT2D eigenvalue weighted by Crippen LogP contribution is 2.24. The Balaban J connectivity index is 1.50. The molecular weight excluding hydrogens is 504 g/mol. The van der Waals surface area contributed by atoms with Crippen molar-refractivity contribution in [3.05, 3.63) is 95.1 Å². The van der Waals surface area contributed by atoms with E-state index in [0.717, 1.165) is 27.3 Å². The minimum atomic E-state index is -3.69. The van der Waals surface area contributed by atoms with Gasteiger partial charge >= 0.3 is 0 Å². The van der Waals surface area contributed by atoms with Crippen molar-refractivity contribution >= 4 is 33.7 Å². The van der Waals surface area contributed by atoms with Crippen molar-refractivity contribution in [1.82, 2.24) is 10.7 Å². The van der Waals surface area contributed by atoms with Crippen molar-refractivity contribution in [1.29, 1.82) is 0 Å². The fourth-order valence-corrected chi connectivity index (χ4v) is 4.55. The average molecular weight is 537 g/mol. The summed E-state index contributed by atoms with van der Waals surface area (Å²) in [6, 6.07) is 21.6. The van der Waals surface area contributed by atoms with E-state index in [1.807, 2.05) is 57.2 Å². The van der Waals surface area contributed by atoms with Gasteiger partial charge in [0.25, 0.3) is 11.8 Å². The molecule has 0 radical (unpaired) electrons. The molecule has 200 valence electrons. The number of rotatable bonds is 11. The van der Waals surface area contributed by atoms with Gasteiger partial charge in [0, 0.05) is 0 Å². The molecule has 3 rings (SSSR count). The number of hydrogen-bond acceptors (Lipinski definition) is 6. The molecule has 0 bridgehead atoms. The largest absolute Gasteiger partial charge is 0.484 e. The van der Waals surface area contributed by atoms with Crippen molar-refractivity contribution in [3.63, 3.8) is 0 Å². The van der Waals surface area contributed by atoms with E-state index < -0.39 is 22.5 Å². The van der Waals surface area contributed by atoms with Crippen molar-refractivity contribution in [3.8, 4) is 5.75 Å². The first-order valence-corrected chi connectivity index (χ1v) is 13.8. The molecule has 0 aromatic heterocycles. The molecule has 0 saturated carbocycles. The molecule has 0 aliphatic heterocycles. The number of sulfonamides is 1. The lowest BCUT2D eigenvalue weighted by Crippen LogP contribution is -2.39. The molecule has 0 aliphatic rings. The number of amides is 2. The molecule has 0 fully saturated rings. The van der Waals surface area contributed by atoms with Gasteiger partial charge in [-0.05, 0) is 73.4 Å². The Bertz CT molecular complexity index is 1390. The molecule has 10 heteroatoms. The molecule has 3 aromatic rings. The number of nitrogens with zero attached hydrogens (tertiary/aromatic N) is 2. The number of carbonyl (C=O) groups is 2. The van der Waals surface area contributed by atoms with Gasteiger partial charge in [-0.2, -0.15) is 5.10 Å². The van der Waals surface area contributed by atoms with Gasteiger partial charge in [-0.25, -0.2) is 13.8 Å². The molecule has 0 saturated heterocycles. The Morgan fingerprint density at radius 2 is 1.66 bits per heavy atom. The third-order valence-corrected chi connectivity index (χ3v) is 6.99. The molecule has 3 aromatic carbocycles. The lowest BCUT2D eigenvalue weighted by atomic mass is 10.1. The molecule has 0 aliphatic carbocycles. The maximum Gasteiger partial charge on any atom is 0.260 e. The second-order valence-corrected chi connectivity index (χ2v) is 10.7. The summed E-state index contributed by atoms with van der Waals surface area (Å²) in [6.45, 7) is 5.06. The maximum absolute atomic E-state index is 12.4. The first-order valence-electron chi connectivity index (χ1n) is 12.0. The highest BCUT2D eigenvalue weighted by atomic mass is 32.2. The van der Waals surface area contributed by atoms with Gasteiger partial charge in [0.1, 0.15) is 12.3 Å². The lowest BCUT2D eigenvalue weighted by Gasteiger charge is -2.23. The van der Waals surface area contributed by atoms with Crippen LogP contribution in [0.15, 0.2) is 77.9 Å². The molecule has 2 amide bonds. The Hall–Kier alpha value is -4.18. The predicted molar refractivity (Wildman–Crippen MR) is 149 cm³/mol. The fourth-order valence-electron chi connectivity index (χ4n) is 3.64. The minimum Gasteiger partial charge on any atom is -0.484 e. The molecule has 0 spiro atoms. The second-order valence-electron chi connectivity index (χ2n) is 8.84. The van der Waals surface area contributed by atoms with Gasteiger partial charge in [-0.15, -0.1) is 0 Å². The van der Waals surface area contributed by atoms with Crippen LogP contribution in [0.2, 0.25) is 0 Å². The molecule has 1 atom stereocenters. The third kappa shape index (κ3) is 8.17. The van der Waals surface area contributed by atoms with Crippen LogP contribution in [0, 0.1) is 13.8 Å². The van der Waals surface area contributed by atoms with Gasteiger partial charge in [0.2, 0.25) is 10.0 Å². The average Bonchev–Trinajstić information content (AvgIpc) is 2.88. The van der Waals surface area contributed by atoms with E-state index in [2.05, 4.69) is 15.8 Å². The van der Waals surface area contributed by atoms with Gasteiger partial charge in [-0.3, -0.25) is 13.9 Å². The van der Waals surface area contributed by atoms with E-state index in [9.17, 15) is 18.0 Å². The number of hydrogen-bond donors (Lipinski definition) is 2. The minimum absolute atomic E-state index is 0.127. The molecule has 2 N–H and O–H groups in total. The number of carbonyl (C=O) groups excluding carboxylic acids is 2. The van der Waals surface area contributed by atoms with Crippen LogP contribution in [0.4, 0.5) is 5.69 Å². The summed E-state index contributed by atoms with van der Waals surface area (Å²) in [6.07, 6.45) is 2.49. The van der Waals surface area contributed by atoms with E-state index in [4.69, 9.17) is 4.74 Å². The Morgan fingerprint density at radius 3 is 2.32 bits per heavy atom. The van der Waals surface area contributed by atoms with Gasteiger partial charge in [-0.1, -0.05) is 42.5 Å². The van der Waals surface area contributed by atoms with Crippen molar-refractivity contribution in [2.24, 2.45) is 5.10 Å². The summed E-state index contributed by atoms with van der Waals surface area (Å²) in [5, 5.41) is 6.81. The van der Waals surface area contributed by atoms with E-state index in [-0.39, 0.29) is 18.6 Å². The Kier molecular flexibility index (Phi) is 9.61. The summed E-state index contributed by atoms with van der Waals surface area (Å²) >= 11 is 0. The van der Waals surface area contributed by atoms with Crippen LogP contribution < -0.4 is 19.8 Å². The van der Waals surface area contributed by atoms with Gasteiger partial charge in [0.15, 0.2) is 6.61 Å². The SMILES string of the molecule is Cc1cccc(N(CC(=O)N/N=C/c2ccc(OCC(=O)NC(C)c3ccccc3)cc2)S(C)(=O)=O)c1C. The fraction of sp³-hybridized carbons (Fsp3) is 0.250. The monoisotopic (exact) mass is 536 g/mol. The van der Waals surface area contributed by atoms with Crippen LogP contribution in [-0.2, 0) is 19.6 Å². The topological polar surface area (TPSA) is 117 Å². The van der Waals surface area contributed by atoms with Crippen LogP contribution in [0.3, 0.4) is 0 Å². The normalized spacial score (nSPS) is 12.1. The number of aryl methyl sites for hydroxylation is 1. The lowest BCUT2D eigenvalue weighted by molar-refractivity contribution is -0.123. The van der Waals surface area contributed by atoms with Crippen molar-refractivity contribution < 1.29 is 22.7 Å². The molecule has 9 nitrogen and oxygen atoms in total. The quantitative estimate of drug-likeness (QED) is 0.288. The first kappa shape index (κ1) is 28.4. The second kappa shape index (κ2) is 12.9. The van der Waals surface area contributed by atoms with Gasteiger partial charge < -0.3 is 10.1 Å². The standard InChI is InChI=1S/C28H32N4O5S/c1-20-9-8-12-26(21(20)2)32(38(4,35)36)18-27(33)31-29-17-23-13-15-25(16-14-23)37-19-28(34)30-22(3)24-10-6-5-7-11-24/h5-17,22H,18-19H2,1-4H3,(H,30,34)(H,31,33)/b29-17+. The van der Waals surface area contributed by atoms with E-state index in [0.29, 0.717) is 17.0 Å². The smallest absolute Gasteiger partial charge is 0.260 e. The first-order chi connectivity index (χ1) is 18.0. The zero-order chi connectivity index (χ0) is 27.7. The zero-order valence-electron chi connectivity index (χ0n) is 21.8. The summed E-state index contributed by atoms with van der Waals surface area (Å²) in [5.74, 6) is -0.312. The summed E-state index contributed by atoms with van der Waals surface area (Å²) in [7, 11) is -3.69. The maximum atomic E-state index is 12.4. The molecule has 1 unspecified atom stereocenters. The third-order valence-electron chi connectivity index (χ3n) is 5.86. The Morgan fingerprint density at radius 1 is 0.974 bits per heavy atom. The molecule has 38 heavy (non-hydrogen) atoms. The van der Waals surface area contributed by atoms with E-state index >= 15 is 0 Å². The van der Waals surface area contributed by atoms with Crippen molar-refractivity contribution in [2.45, 2.75) is 26.8 Å². The predicted octanol–water partition coefficient (Wildman–Crippen LogP) is 3.48. The number of ether oxygens (including phenoxy) is 1. The zero-order valence-corrected chi connectivity index (χ0v) is 22.7. The number of hydrazone groups is 1. The Labute approximate surface area is 223 Å². The summed E-state index contributed by atoms with van der Waals surface area (Å²) < 4.78 is 31.3. The van der Waals surface area contributed by atoms with E-state index in [1.165, 1.54) is 6.21 Å². The van der Waals surface area contributed by atoms with Crippen LogP contribution in [0.5, 0.6) is 5.75 Å². The van der Waals surface area contributed by atoms with Crippen LogP contribution >= 0.6 is 0 Å².